The summed E-state index contributed by atoms with van der Waals surface area (Å²) in [7, 11) is 0. The molecule has 2 N–H and O–H groups in total. The number of fused-ring (bicyclic) bond motifs is 5. The predicted molar refractivity (Wildman–Crippen MR) is 180 cm³/mol. The van der Waals surface area contributed by atoms with E-state index in [1.165, 1.54) is 60.8 Å². The zero-order valence-electron chi connectivity index (χ0n) is 25.0. The van der Waals surface area contributed by atoms with E-state index in [2.05, 4.69) is 143 Å². The number of nitrogens with two attached hydrogens (primary N) is 1. The number of nitrogens with zero attached hydrogens (tertiary/aromatic N) is 1. The Hall–Kier alpha value is -4.82. The second-order valence-electron chi connectivity index (χ2n) is 12.3. The summed E-state index contributed by atoms with van der Waals surface area (Å²) in [6.45, 7) is 11.3. The lowest BCUT2D eigenvalue weighted by Gasteiger charge is -2.30. The molecule has 6 aromatic rings. The molecule has 206 valence electrons. The van der Waals surface area contributed by atoms with Crippen molar-refractivity contribution < 1.29 is 0 Å². The van der Waals surface area contributed by atoms with E-state index in [0.29, 0.717) is 0 Å². The molecule has 6 aromatic carbocycles. The van der Waals surface area contributed by atoms with Crippen LogP contribution in [-0.4, -0.2) is 0 Å². The lowest BCUT2D eigenvalue weighted by Crippen LogP contribution is -2.17. The van der Waals surface area contributed by atoms with Gasteiger partial charge in [0, 0.05) is 27.9 Å². The molecule has 0 unspecified atom stereocenters. The molecule has 0 bridgehead atoms. The Morgan fingerprint density at radius 2 is 1.24 bits per heavy atom. The zero-order chi connectivity index (χ0) is 29.2. The van der Waals surface area contributed by atoms with Gasteiger partial charge in [-0.15, -0.1) is 0 Å². The van der Waals surface area contributed by atoms with E-state index in [1.807, 2.05) is 12.1 Å². The molecule has 7 rings (SSSR count). The van der Waals surface area contributed by atoms with Crippen molar-refractivity contribution in [3.63, 3.8) is 0 Å². The standard InChI is InChI=1S/C40H36N2/c1-25-17-19-35-36(21-25)40(4,5)37-24-38(33-15-8-9-16-34(33)39(35)37)42(29-13-10-12-28(41)23-29)30-18-20-32(27(3)22-30)31-14-7-6-11-26(31)2/h6-24H,41H2,1-5H3. The molecular weight excluding hydrogens is 508 g/mol. The van der Waals surface area contributed by atoms with Crippen LogP contribution in [0.3, 0.4) is 0 Å². The zero-order valence-corrected chi connectivity index (χ0v) is 25.0. The quantitative estimate of drug-likeness (QED) is 0.224. The molecule has 1 aliphatic carbocycles. The van der Waals surface area contributed by atoms with Crippen molar-refractivity contribution in [3.05, 3.63) is 143 Å². The van der Waals surface area contributed by atoms with E-state index in [9.17, 15) is 0 Å². The van der Waals surface area contributed by atoms with Crippen LogP contribution in [0.1, 0.15) is 41.7 Å². The van der Waals surface area contributed by atoms with Crippen LogP contribution in [0, 0.1) is 20.8 Å². The number of rotatable bonds is 4. The average Bonchev–Trinajstić information content (AvgIpc) is 3.20. The molecule has 0 atom stereocenters. The molecule has 1 aliphatic rings. The second-order valence-corrected chi connectivity index (χ2v) is 12.3. The lowest BCUT2D eigenvalue weighted by molar-refractivity contribution is 0.660. The van der Waals surface area contributed by atoms with Gasteiger partial charge < -0.3 is 10.6 Å². The Kier molecular flexibility index (Phi) is 5.99. The van der Waals surface area contributed by atoms with E-state index in [1.54, 1.807) is 0 Å². The van der Waals surface area contributed by atoms with Crippen LogP contribution >= 0.6 is 0 Å². The molecule has 2 nitrogen and oxygen atoms in total. The molecule has 0 fully saturated rings. The van der Waals surface area contributed by atoms with Crippen molar-refractivity contribution in [1.29, 1.82) is 0 Å². The van der Waals surface area contributed by atoms with Crippen LogP contribution in [0.25, 0.3) is 33.0 Å². The Balaban J connectivity index is 1.51. The minimum Gasteiger partial charge on any atom is -0.399 e. The molecule has 0 heterocycles. The van der Waals surface area contributed by atoms with Gasteiger partial charge in [0.1, 0.15) is 0 Å². The van der Waals surface area contributed by atoms with Crippen molar-refractivity contribution in [2.24, 2.45) is 0 Å². The second kappa shape index (κ2) is 9.63. The van der Waals surface area contributed by atoms with Crippen molar-refractivity contribution >= 4 is 33.5 Å². The predicted octanol–water partition coefficient (Wildman–Crippen LogP) is 10.8. The summed E-state index contributed by atoms with van der Waals surface area (Å²) in [5, 5.41) is 2.51. The highest BCUT2D eigenvalue weighted by molar-refractivity contribution is 6.10. The summed E-state index contributed by atoms with van der Waals surface area (Å²) in [5.41, 5.74) is 22.1. The fourth-order valence-electron chi connectivity index (χ4n) is 6.92. The smallest absolute Gasteiger partial charge is 0.0543 e. The Labute approximate surface area is 249 Å². The number of nitrogen functional groups attached to an aromatic ring is 1. The van der Waals surface area contributed by atoms with Gasteiger partial charge in [0.2, 0.25) is 0 Å². The van der Waals surface area contributed by atoms with Gasteiger partial charge in [-0.05, 0) is 107 Å². The summed E-state index contributed by atoms with van der Waals surface area (Å²) in [6, 6.07) is 41.9. The maximum atomic E-state index is 6.39. The number of hydrogen-bond acceptors (Lipinski definition) is 2. The minimum absolute atomic E-state index is 0.124. The van der Waals surface area contributed by atoms with E-state index in [4.69, 9.17) is 5.73 Å². The number of anilines is 4. The number of aryl methyl sites for hydroxylation is 3. The van der Waals surface area contributed by atoms with Gasteiger partial charge in [-0.1, -0.05) is 98.3 Å². The molecule has 0 radical (unpaired) electrons. The molecule has 0 aliphatic heterocycles. The third-order valence-corrected chi connectivity index (χ3v) is 9.09. The highest BCUT2D eigenvalue weighted by atomic mass is 15.1. The van der Waals surface area contributed by atoms with Crippen molar-refractivity contribution in [2.75, 3.05) is 10.6 Å². The summed E-state index contributed by atoms with van der Waals surface area (Å²) in [6.07, 6.45) is 0. The van der Waals surface area contributed by atoms with E-state index in [-0.39, 0.29) is 5.41 Å². The first-order chi connectivity index (χ1) is 20.2. The maximum Gasteiger partial charge on any atom is 0.0543 e. The van der Waals surface area contributed by atoms with Gasteiger partial charge in [0.15, 0.2) is 0 Å². The van der Waals surface area contributed by atoms with Crippen molar-refractivity contribution in [3.8, 4) is 22.3 Å². The normalized spacial score (nSPS) is 13.2. The van der Waals surface area contributed by atoms with E-state index < -0.39 is 0 Å². The van der Waals surface area contributed by atoms with Crippen molar-refractivity contribution in [1.82, 2.24) is 0 Å². The summed E-state index contributed by atoms with van der Waals surface area (Å²) in [5.74, 6) is 0. The fourth-order valence-corrected chi connectivity index (χ4v) is 6.92. The number of hydrogen-bond donors (Lipinski definition) is 1. The van der Waals surface area contributed by atoms with Gasteiger partial charge in [-0.25, -0.2) is 0 Å². The largest absolute Gasteiger partial charge is 0.399 e. The SMILES string of the molecule is Cc1ccc2c(c1)C(C)(C)c1cc(N(c3cccc(N)c3)c3ccc(-c4ccccc4C)c(C)c3)c3ccccc3c1-2. The molecule has 0 spiro atoms. The van der Waals surface area contributed by atoms with Crippen LogP contribution in [0.5, 0.6) is 0 Å². The Morgan fingerprint density at radius 1 is 0.548 bits per heavy atom. The Bertz CT molecular complexity index is 2010. The van der Waals surface area contributed by atoms with Crippen LogP contribution in [0.15, 0.2) is 115 Å². The average molecular weight is 545 g/mol. The van der Waals surface area contributed by atoms with Gasteiger partial charge in [-0.3, -0.25) is 0 Å². The number of benzene rings is 6. The molecular formula is C40H36N2. The van der Waals surface area contributed by atoms with Gasteiger partial charge in [-0.2, -0.15) is 0 Å². The van der Waals surface area contributed by atoms with Gasteiger partial charge in [0.05, 0.1) is 5.69 Å². The first kappa shape index (κ1) is 26.1. The van der Waals surface area contributed by atoms with Crippen LogP contribution in [-0.2, 0) is 5.41 Å². The minimum atomic E-state index is -0.124. The lowest BCUT2D eigenvalue weighted by atomic mass is 9.81. The summed E-state index contributed by atoms with van der Waals surface area (Å²) >= 11 is 0. The molecule has 0 saturated carbocycles. The van der Waals surface area contributed by atoms with Crippen LogP contribution < -0.4 is 10.6 Å². The van der Waals surface area contributed by atoms with E-state index in [0.717, 1.165) is 22.7 Å². The molecule has 42 heavy (non-hydrogen) atoms. The highest BCUT2D eigenvalue weighted by Crippen LogP contribution is 2.54. The molecule has 0 saturated heterocycles. The van der Waals surface area contributed by atoms with Crippen LogP contribution in [0.4, 0.5) is 22.7 Å². The third-order valence-electron chi connectivity index (χ3n) is 9.09. The monoisotopic (exact) mass is 544 g/mol. The summed E-state index contributed by atoms with van der Waals surface area (Å²) < 4.78 is 0. The van der Waals surface area contributed by atoms with Crippen molar-refractivity contribution in [2.45, 2.75) is 40.0 Å². The third kappa shape index (κ3) is 4.01. The maximum absolute atomic E-state index is 6.39. The Morgan fingerprint density at radius 3 is 2.00 bits per heavy atom. The first-order valence-corrected chi connectivity index (χ1v) is 14.7. The highest BCUT2D eigenvalue weighted by Gasteiger charge is 2.38. The fraction of sp³-hybridized carbons (Fsp3) is 0.150. The van der Waals surface area contributed by atoms with Crippen LogP contribution in [0.2, 0.25) is 0 Å². The van der Waals surface area contributed by atoms with Gasteiger partial charge >= 0.3 is 0 Å². The molecule has 0 amide bonds. The van der Waals surface area contributed by atoms with Gasteiger partial charge in [0.25, 0.3) is 0 Å². The van der Waals surface area contributed by atoms with E-state index >= 15 is 0 Å². The summed E-state index contributed by atoms with van der Waals surface area (Å²) in [4.78, 5) is 2.39. The molecule has 2 heteroatoms. The topological polar surface area (TPSA) is 29.3 Å². The molecule has 0 aromatic heterocycles. The first-order valence-electron chi connectivity index (χ1n) is 14.7.